The molecule has 5 aromatic rings. The molecule has 6 heteroatoms. The minimum atomic E-state index is -6.00. The minimum absolute atomic E-state index is 0.856. The summed E-state index contributed by atoms with van der Waals surface area (Å²) in [5.41, 5.74) is 7.96. The Morgan fingerprint density at radius 3 is 1.47 bits per heavy atom. The van der Waals surface area contributed by atoms with Crippen LogP contribution in [-0.2, 0) is 0 Å². The molecule has 0 unspecified atom stereocenters. The van der Waals surface area contributed by atoms with E-state index in [0.717, 1.165) is 39.3 Å². The maximum atomic E-state index is 9.75. The second-order valence-electron chi connectivity index (χ2n) is 8.19. The lowest BCUT2D eigenvalue weighted by Crippen LogP contribution is -2.02. The van der Waals surface area contributed by atoms with Gasteiger partial charge in [0.2, 0.25) is 0 Å². The average molecular weight is 486 g/mol. The smallest absolute Gasteiger partial charge is 0.418 e. The summed E-state index contributed by atoms with van der Waals surface area (Å²) in [7, 11) is -6.00. The van der Waals surface area contributed by atoms with Gasteiger partial charge in [0.25, 0.3) is 0 Å². The van der Waals surface area contributed by atoms with Crippen molar-refractivity contribution in [3.05, 3.63) is 127 Å². The van der Waals surface area contributed by atoms with Crippen molar-refractivity contribution in [1.82, 2.24) is 0 Å². The zero-order valence-corrected chi connectivity index (χ0v) is 19.5. The third kappa shape index (κ3) is 6.48. The number of hydrogen-bond acceptors (Lipinski definition) is 0. The predicted octanol–water partition coefficient (Wildman–Crippen LogP) is 9.84. The summed E-state index contributed by atoms with van der Waals surface area (Å²) in [6.45, 7) is 2.12. The van der Waals surface area contributed by atoms with Crippen molar-refractivity contribution < 1.29 is 21.7 Å². The SMILES string of the molecule is Cc1ccc(-c2cc(-c3ccccc3)[o+]c(-c3ccccc3)c2-c2ccccc2)cc1.F[B-](F)(F)F. The quantitative estimate of drug-likeness (QED) is 0.140. The van der Waals surface area contributed by atoms with E-state index in [0.29, 0.717) is 0 Å². The number of benzene rings is 4. The fraction of sp³-hybridized carbons (Fsp3) is 0.0333. The van der Waals surface area contributed by atoms with Crippen LogP contribution in [0, 0.1) is 6.92 Å². The van der Waals surface area contributed by atoms with Crippen LogP contribution in [-0.4, -0.2) is 7.25 Å². The number of rotatable bonds is 4. The Bertz CT molecular complexity index is 1400. The molecule has 1 aromatic heterocycles. The van der Waals surface area contributed by atoms with Gasteiger partial charge < -0.3 is 17.3 Å². The summed E-state index contributed by atoms with van der Waals surface area (Å²) in [4.78, 5) is 0. The molecule has 0 aliphatic heterocycles. The first kappa shape index (κ1) is 24.9. The number of halogens is 4. The van der Waals surface area contributed by atoms with Crippen molar-refractivity contribution in [3.8, 4) is 44.9 Å². The van der Waals surface area contributed by atoms with Crippen LogP contribution in [0.1, 0.15) is 5.56 Å². The highest BCUT2D eigenvalue weighted by Gasteiger charge is 2.28. The topological polar surface area (TPSA) is 11.3 Å². The molecule has 180 valence electrons. The fourth-order valence-electron chi connectivity index (χ4n) is 3.91. The van der Waals surface area contributed by atoms with Crippen molar-refractivity contribution in [2.75, 3.05) is 0 Å². The van der Waals surface area contributed by atoms with Gasteiger partial charge in [-0.2, -0.15) is 0 Å². The molecular formula is C30H23BF4O. The molecule has 0 bridgehead atoms. The Morgan fingerprint density at radius 2 is 0.972 bits per heavy atom. The van der Waals surface area contributed by atoms with Crippen LogP contribution in [0.25, 0.3) is 44.9 Å². The zero-order valence-electron chi connectivity index (χ0n) is 19.5. The molecule has 0 saturated heterocycles. The van der Waals surface area contributed by atoms with Crippen molar-refractivity contribution in [1.29, 1.82) is 0 Å². The summed E-state index contributed by atoms with van der Waals surface area (Å²) in [6.07, 6.45) is 0. The molecule has 0 fully saturated rings. The zero-order chi connectivity index (χ0) is 25.5. The van der Waals surface area contributed by atoms with Gasteiger partial charge in [0.15, 0.2) is 0 Å². The van der Waals surface area contributed by atoms with Crippen molar-refractivity contribution >= 4 is 7.25 Å². The van der Waals surface area contributed by atoms with E-state index in [1.807, 2.05) is 30.3 Å². The molecule has 1 nitrogen and oxygen atoms in total. The third-order valence-corrected chi connectivity index (χ3v) is 5.50. The van der Waals surface area contributed by atoms with E-state index in [4.69, 9.17) is 4.42 Å². The molecule has 36 heavy (non-hydrogen) atoms. The molecule has 1 heterocycles. The Labute approximate surface area is 207 Å². The summed E-state index contributed by atoms with van der Waals surface area (Å²) < 4.78 is 45.6. The van der Waals surface area contributed by atoms with Gasteiger partial charge in [-0.15, -0.1) is 0 Å². The lowest BCUT2D eigenvalue weighted by molar-refractivity contribution is 0.368. The normalized spacial score (nSPS) is 10.9. The first-order chi connectivity index (χ1) is 17.3. The molecule has 5 rings (SSSR count). The van der Waals surface area contributed by atoms with Crippen LogP contribution >= 0.6 is 0 Å². The molecule has 4 aromatic carbocycles. The number of hydrogen-bond donors (Lipinski definition) is 0. The van der Waals surface area contributed by atoms with Gasteiger partial charge in [0.05, 0.1) is 22.8 Å². The Balaban J connectivity index is 0.000000556. The van der Waals surface area contributed by atoms with Gasteiger partial charge in [-0.3, -0.25) is 0 Å². The summed E-state index contributed by atoms with van der Waals surface area (Å²) in [6, 6.07) is 42.1. The molecule has 0 amide bonds. The summed E-state index contributed by atoms with van der Waals surface area (Å²) in [5, 5.41) is 0. The van der Waals surface area contributed by atoms with E-state index in [1.165, 1.54) is 11.1 Å². The van der Waals surface area contributed by atoms with Crippen LogP contribution in [0.3, 0.4) is 0 Å². The van der Waals surface area contributed by atoms with E-state index >= 15 is 0 Å². The molecule has 0 radical (unpaired) electrons. The van der Waals surface area contributed by atoms with Gasteiger partial charge in [0, 0.05) is 5.56 Å². The second kappa shape index (κ2) is 11.0. The molecule has 0 atom stereocenters. The monoisotopic (exact) mass is 486 g/mol. The minimum Gasteiger partial charge on any atom is -0.418 e. The Kier molecular flexibility index (Phi) is 7.64. The predicted molar refractivity (Wildman–Crippen MR) is 140 cm³/mol. The molecular weight excluding hydrogens is 463 g/mol. The molecule has 0 spiro atoms. The van der Waals surface area contributed by atoms with E-state index in [9.17, 15) is 17.3 Å². The second-order valence-corrected chi connectivity index (χ2v) is 8.19. The van der Waals surface area contributed by atoms with Crippen LogP contribution < -0.4 is 0 Å². The van der Waals surface area contributed by atoms with Gasteiger partial charge in [-0.05, 0) is 42.3 Å². The van der Waals surface area contributed by atoms with E-state index in [2.05, 4.69) is 97.9 Å². The average Bonchev–Trinajstić information content (AvgIpc) is 2.89. The highest BCUT2D eigenvalue weighted by molar-refractivity contribution is 6.50. The summed E-state index contributed by atoms with van der Waals surface area (Å²) in [5.74, 6) is 1.73. The third-order valence-electron chi connectivity index (χ3n) is 5.50. The first-order valence-electron chi connectivity index (χ1n) is 11.4. The van der Waals surface area contributed by atoms with Crippen molar-refractivity contribution in [3.63, 3.8) is 0 Å². The maximum absolute atomic E-state index is 9.75. The van der Waals surface area contributed by atoms with Gasteiger partial charge >= 0.3 is 18.8 Å². The summed E-state index contributed by atoms with van der Waals surface area (Å²) >= 11 is 0. The lowest BCUT2D eigenvalue weighted by Gasteiger charge is -2.11. The van der Waals surface area contributed by atoms with Crippen LogP contribution in [0.2, 0.25) is 0 Å². The van der Waals surface area contributed by atoms with Crippen LogP contribution in [0.5, 0.6) is 0 Å². The number of aryl methyl sites for hydroxylation is 1. The van der Waals surface area contributed by atoms with Crippen molar-refractivity contribution in [2.45, 2.75) is 6.92 Å². The van der Waals surface area contributed by atoms with E-state index < -0.39 is 7.25 Å². The van der Waals surface area contributed by atoms with Crippen LogP contribution in [0.4, 0.5) is 17.3 Å². The van der Waals surface area contributed by atoms with Gasteiger partial charge in [-0.1, -0.05) is 96.6 Å². The van der Waals surface area contributed by atoms with E-state index in [1.54, 1.807) is 0 Å². The lowest BCUT2D eigenvalue weighted by atomic mass is 9.90. The first-order valence-corrected chi connectivity index (χ1v) is 11.4. The highest BCUT2D eigenvalue weighted by Crippen LogP contribution is 2.43. The Hall–Kier alpha value is -4.19. The van der Waals surface area contributed by atoms with Crippen molar-refractivity contribution in [2.24, 2.45) is 0 Å². The van der Waals surface area contributed by atoms with Crippen LogP contribution in [0.15, 0.2) is 126 Å². The van der Waals surface area contributed by atoms with Gasteiger partial charge in [0.1, 0.15) is 0 Å². The Morgan fingerprint density at radius 1 is 0.528 bits per heavy atom. The molecule has 0 aliphatic carbocycles. The molecule has 0 aliphatic rings. The maximum Gasteiger partial charge on any atom is 0.673 e. The largest absolute Gasteiger partial charge is 0.673 e. The van der Waals surface area contributed by atoms with Gasteiger partial charge in [-0.25, -0.2) is 4.42 Å². The molecule has 0 N–H and O–H groups in total. The molecule has 0 saturated carbocycles. The fourth-order valence-corrected chi connectivity index (χ4v) is 3.91. The standard InChI is InChI=1S/C30H23O.BF4/c1-22-17-19-23(20-18-22)27-21-28(24-11-5-2-6-12-24)31-30(26-15-9-4-10-16-26)29(27)25-13-7-3-8-14-25;2-1(3,4)5/h2-21H,1H3;/q+1;-1. The van der Waals surface area contributed by atoms with E-state index in [-0.39, 0.29) is 0 Å². The highest BCUT2D eigenvalue weighted by atomic mass is 19.5.